The van der Waals surface area contributed by atoms with Crippen LogP contribution in [0.3, 0.4) is 0 Å². The van der Waals surface area contributed by atoms with Crippen LogP contribution in [-0.2, 0) is 9.59 Å². The van der Waals surface area contributed by atoms with E-state index < -0.39 is 0 Å². The average Bonchev–Trinajstić information content (AvgIpc) is 2.88. The van der Waals surface area contributed by atoms with Gasteiger partial charge in [-0.3, -0.25) is 9.59 Å². The summed E-state index contributed by atoms with van der Waals surface area (Å²) in [5, 5.41) is 0. The fourth-order valence-corrected chi connectivity index (χ4v) is 3.07. The second-order valence-electron chi connectivity index (χ2n) is 5.99. The van der Waals surface area contributed by atoms with Crippen molar-refractivity contribution in [2.75, 3.05) is 26.7 Å². The van der Waals surface area contributed by atoms with Crippen LogP contribution in [0.1, 0.15) is 19.3 Å². The minimum atomic E-state index is -0.175. The van der Waals surface area contributed by atoms with Crippen molar-refractivity contribution in [1.29, 1.82) is 0 Å². The summed E-state index contributed by atoms with van der Waals surface area (Å²) in [5.41, 5.74) is 0. The maximum absolute atomic E-state index is 12.5. The molecule has 0 bridgehead atoms. The fraction of sp³-hybridized carbons (Fsp3) is 0.562. The Bertz CT molecular complexity index is 541. The Labute approximate surface area is 130 Å². The molecule has 0 aliphatic carbocycles. The predicted octanol–water partition coefficient (Wildman–Crippen LogP) is 0.930. The molecule has 0 radical (unpaired) electrons. The molecular weight excluding hydrogens is 282 g/mol. The van der Waals surface area contributed by atoms with E-state index in [2.05, 4.69) is 4.98 Å². The molecule has 22 heavy (non-hydrogen) atoms. The lowest BCUT2D eigenvalue weighted by molar-refractivity contribution is -0.137. The molecule has 0 saturated carbocycles. The predicted molar refractivity (Wildman–Crippen MR) is 80.2 cm³/mol. The topological polar surface area (TPSA) is 62.7 Å². The molecule has 2 amide bonds. The molecular formula is C16H21N3O3. The molecule has 1 aromatic heterocycles. The summed E-state index contributed by atoms with van der Waals surface area (Å²) in [6.45, 7) is 1.91. The fourth-order valence-electron chi connectivity index (χ4n) is 3.07. The van der Waals surface area contributed by atoms with Gasteiger partial charge in [-0.1, -0.05) is 6.07 Å². The molecule has 0 N–H and O–H groups in total. The molecule has 1 aromatic rings. The number of pyridine rings is 1. The molecule has 0 aromatic carbocycles. The Morgan fingerprint density at radius 3 is 2.68 bits per heavy atom. The van der Waals surface area contributed by atoms with Crippen LogP contribution < -0.4 is 4.74 Å². The number of hydrogen-bond donors (Lipinski definition) is 0. The van der Waals surface area contributed by atoms with Gasteiger partial charge in [0.1, 0.15) is 6.10 Å². The minimum absolute atomic E-state index is 0.0618. The van der Waals surface area contributed by atoms with Crippen molar-refractivity contribution in [3.63, 3.8) is 0 Å². The number of likely N-dealkylation sites (tertiary alicyclic amines) is 2. The van der Waals surface area contributed by atoms with Crippen LogP contribution in [0, 0.1) is 5.92 Å². The zero-order chi connectivity index (χ0) is 15.5. The quantitative estimate of drug-likeness (QED) is 0.833. The maximum atomic E-state index is 12.5. The van der Waals surface area contributed by atoms with Crippen molar-refractivity contribution >= 4 is 11.8 Å². The first-order valence-electron chi connectivity index (χ1n) is 7.74. The summed E-state index contributed by atoms with van der Waals surface area (Å²) in [7, 11) is 1.75. The van der Waals surface area contributed by atoms with Gasteiger partial charge in [-0.15, -0.1) is 0 Å². The lowest BCUT2D eigenvalue weighted by Crippen LogP contribution is -2.44. The van der Waals surface area contributed by atoms with Crippen molar-refractivity contribution in [2.45, 2.75) is 25.4 Å². The van der Waals surface area contributed by atoms with Gasteiger partial charge in [0.15, 0.2) is 0 Å². The lowest BCUT2D eigenvalue weighted by Gasteiger charge is -2.33. The normalized spacial score (nSPS) is 23.0. The number of carbonyl (C=O) groups is 2. The molecule has 0 spiro atoms. The van der Waals surface area contributed by atoms with Gasteiger partial charge in [-0.05, 0) is 6.07 Å². The van der Waals surface area contributed by atoms with E-state index in [0.717, 1.165) is 12.8 Å². The van der Waals surface area contributed by atoms with Crippen LogP contribution in [0.25, 0.3) is 0 Å². The number of nitrogens with zero attached hydrogens (tertiary/aromatic N) is 3. The zero-order valence-electron chi connectivity index (χ0n) is 12.8. The van der Waals surface area contributed by atoms with Gasteiger partial charge >= 0.3 is 0 Å². The van der Waals surface area contributed by atoms with Crippen molar-refractivity contribution in [2.24, 2.45) is 5.92 Å². The summed E-state index contributed by atoms with van der Waals surface area (Å²) >= 11 is 0. The number of piperidine rings is 1. The number of hydrogen-bond acceptors (Lipinski definition) is 4. The van der Waals surface area contributed by atoms with Crippen LogP contribution in [0.2, 0.25) is 0 Å². The molecule has 2 saturated heterocycles. The number of carbonyl (C=O) groups excluding carboxylic acids is 2. The molecule has 6 heteroatoms. The highest BCUT2D eigenvalue weighted by molar-refractivity contribution is 5.89. The number of aromatic nitrogens is 1. The molecule has 2 fully saturated rings. The highest BCUT2D eigenvalue weighted by Crippen LogP contribution is 2.22. The summed E-state index contributed by atoms with van der Waals surface area (Å²) in [4.78, 5) is 31.7. The number of rotatable bonds is 3. The minimum Gasteiger partial charge on any atom is -0.474 e. The van der Waals surface area contributed by atoms with Crippen molar-refractivity contribution in [3.8, 4) is 5.88 Å². The molecule has 2 aliphatic heterocycles. The van der Waals surface area contributed by atoms with E-state index in [1.54, 1.807) is 18.1 Å². The van der Waals surface area contributed by atoms with E-state index in [1.807, 2.05) is 23.1 Å². The van der Waals surface area contributed by atoms with Gasteiger partial charge in [0.25, 0.3) is 0 Å². The second-order valence-corrected chi connectivity index (χ2v) is 5.99. The van der Waals surface area contributed by atoms with Crippen molar-refractivity contribution in [1.82, 2.24) is 14.8 Å². The highest BCUT2D eigenvalue weighted by Gasteiger charge is 2.36. The van der Waals surface area contributed by atoms with E-state index in [9.17, 15) is 9.59 Å². The molecule has 2 aliphatic rings. The summed E-state index contributed by atoms with van der Waals surface area (Å²) in [6.07, 6.45) is 3.77. The average molecular weight is 303 g/mol. The first kappa shape index (κ1) is 14.8. The van der Waals surface area contributed by atoms with Crippen LogP contribution in [-0.4, -0.2) is 59.4 Å². The standard InChI is InChI=1S/C16H21N3O3/c1-18-11-12(10-15(18)20)16(21)19-8-5-13(6-9-19)22-14-4-2-3-7-17-14/h2-4,7,12-13H,5-6,8-11H2,1H3/t12-/m1/s1. The first-order chi connectivity index (χ1) is 10.6. The van der Waals surface area contributed by atoms with E-state index in [4.69, 9.17) is 4.74 Å². The Balaban J connectivity index is 1.49. The van der Waals surface area contributed by atoms with Crippen molar-refractivity contribution < 1.29 is 14.3 Å². The van der Waals surface area contributed by atoms with Gasteiger partial charge in [0, 0.05) is 58.2 Å². The molecule has 6 nitrogen and oxygen atoms in total. The maximum Gasteiger partial charge on any atom is 0.227 e. The summed E-state index contributed by atoms with van der Waals surface area (Å²) in [5.74, 6) is 0.627. The zero-order valence-corrected chi connectivity index (χ0v) is 12.8. The third-order valence-corrected chi connectivity index (χ3v) is 4.37. The highest BCUT2D eigenvalue weighted by atomic mass is 16.5. The Morgan fingerprint density at radius 2 is 2.09 bits per heavy atom. The van der Waals surface area contributed by atoms with E-state index in [0.29, 0.717) is 31.9 Å². The molecule has 0 unspecified atom stereocenters. The van der Waals surface area contributed by atoms with Gasteiger partial charge in [-0.2, -0.15) is 0 Å². The van der Waals surface area contributed by atoms with Crippen molar-refractivity contribution in [3.05, 3.63) is 24.4 Å². The van der Waals surface area contributed by atoms with Crippen LogP contribution in [0.4, 0.5) is 0 Å². The van der Waals surface area contributed by atoms with E-state index in [-0.39, 0.29) is 23.8 Å². The third-order valence-electron chi connectivity index (χ3n) is 4.37. The van der Waals surface area contributed by atoms with Crippen LogP contribution in [0.15, 0.2) is 24.4 Å². The van der Waals surface area contributed by atoms with Gasteiger partial charge in [0.05, 0.1) is 5.92 Å². The second kappa shape index (κ2) is 6.34. The summed E-state index contributed by atoms with van der Waals surface area (Å²) in [6, 6.07) is 5.60. The molecule has 3 rings (SSSR count). The van der Waals surface area contributed by atoms with Gasteiger partial charge in [0.2, 0.25) is 17.7 Å². The van der Waals surface area contributed by atoms with E-state index in [1.165, 1.54) is 0 Å². The molecule has 3 heterocycles. The van der Waals surface area contributed by atoms with E-state index >= 15 is 0 Å². The Morgan fingerprint density at radius 1 is 1.32 bits per heavy atom. The first-order valence-corrected chi connectivity index (χ1v) is 7.74. The smallest absolute Gasteiger partial charge is 0.227 e. The summed E-state index contributed by atoms with van der Waals surface area (Å²) < 4.78 is 5.83. The largest absolute Gasteiger partial charge is 0.474 e. The van der Waals surface area contributed by atoms with Crippen LogP contribution >= 0.6 is 0 Å². The van der Waals surface area contributed by atoms with Gasteiger partial charge in [-0.25, -0.2) is 4.98 Å². The van der Waals surface area contributed by atoms with Crippen LogP contribution in [0.5, 0.6) is 5.88 Å². The molecule has 118 valence electrons. The van der Waals surface area contributed by atoms with Gasteiger partial charge < -0.3 is 14.5 Å². The number of amides is 2. The Hall–Kier alpha value is -2.11. The third kappa shape index (κ3) is 3.21. The SMILES string of the molecule is CN1C[C@H](C(=O)N2CCC(Oc3ccccn3)CC2)CC1=O. The molecule has 1 atom stereocenters. The number of ether oxygens (including phenoxy) is 1. The monoisotopic (exact) mass is 303 g/mol. The Kier molecular flexibility index (Phi) is 4.27. The lowest BCUT2D eigenvalue weighted by atomic mass is 10.0.